The van der Waals surface area contributed by atoms with Crippen molar-refractivity contribution in [3.8, 4) is 0 Å². The maximum Gasteiger partial charge on any atom is 0.0485 e. The summed E-state index contributed by atoms with van der Waals surface area (Å²) in [7, 11) is 0. The summed E-state index contributed by atoms with van der Waals surface area (Å²) in [5.41, 5.74) is 10.2. The van der Waals surface area contributed by atoms with E-state index in [4.69, 9.17) is 0 Å². The molecule has 0 N–H and O–H groups in total. The van der Waals surface area contributed by atoms with E-state index in [2.05, 4.69) is 152 Å². The Morgan fingerprint density at radius 1 is 0.475 bits per heavy atom. The summed E-state index contributed by atoms with van der Waals surface area (Å²) in [4.78, 5) is 0. The minimum absolute atomic E-state index is 0.197. The van der Waals surface area contributed by atoms with Gasteiger partial charge in [0.2, 0.25) is 0 Å². The minimum atomic E-state index is -0.197. The Labute approximate surface area is 237 Å². The molecule has 4 aromatic rings. The van der Waals surface area contributed by atoms with E-state index in [9.17, 15) is 0 Å². The van der Waals surface area contributed by atoms with Gasteiger partial charge >= 0.3 is 0 Å². The van der Waals surface area contributed by atoms with Gasteiger partial charge in [-0.3, -0.25) is 0 Å². The number of fused-ring (bicyclic) bond motifs is 9. The predicted molar refractivity (Wildman–Crippen MR) is 163 cm³/mol. The summed E-state index contributed by atoms with van der Waals surface area (Å²) in [6.45, 7) is 0. The summed E-state index contributed by atoms with van der Waals surface area (Å²) in [5.74, 6) is 3.71. The number of hydrogen-bond donors (Lipinski definition) is 0. The molecule has 7 atom stereocenters. The van der Waals surface area contributed by atoms with Crippen molar-refractivity contribution in [2.24, 2.45) is 41.4 Å². The Morgan fingerprint density at radius 2 is 0.975 bits per heavy atom. The third-order valence-corrected chi connectivity index (χ3v) is 10.8. The van der Waals surface area contributed by atoms with Crippen molar-refractivity contribution in [3.63, 3.8) is 0 Å². The highest BCUT2D eigenvalue weighted by Crippen LogP contribution is 2.74. The monoisotopic (exact) mass is 512 g/mol. The third kappa shape index (κ3) is 2.82. The van der Waals surface area contributed by atoms with Gasteiger partial charge in [-0.2, -0.15) is 0 Å². The molecule has 40 heavy (non-hydrogen) atoms. The second-order valence-electron chi connectivity index (χ2n) is 12.3. The molecule has 0 aliphatic heterocycles. The lowest BCUT2D eigenvalue weighted by molar-refractivity contribution is 0.254. The van der Waals surface area contributed by atoms with Crippen LogP contribution in [0.5, 0.6) is 0 Å². The summed E-state index contributed by atoms with van der Waals surface area (Å²) < 4.78 is 0. The van der Waals surface area contributed by atoms with E-state index in [-0.39, 0.29) is 5.41 Å². The molecule has 4 aromatic carbocycles. The van der Waals surface area contributed by atoms with Gasteiger partial charge in [0.05, 0.1) is 0 Å². The minimum Gasteiger partial charge on any atom is -0.0839 e. The van der Waals surface area contributed by atoms with Crippen LogP contribution in [0.3, 0.4) is 0 Å². The van der Waals surface area contributed by atoms with Gasteiger partial charge in [0.15, 0.2) is 0 Å². The average Bonchev–Trinajstić information content (AvgIpc) is 3.35. The molecule has 0 saturated heterocycles. The van der Waals surface area contributed by atoms with Crippen LogP contribution >= 0.6 is 0 Å². The number of allylic oxidation sites excluding steroid dienone is 7. The normalized spacial score (nSPS) is 31.4. The number of hydrogen-bond acceptors (Lipinski definition) is 0. The zero-order chi connectivity index (χ0) is 26.3. The van der Waals surface area contributed by atoms with Crippen LogP contribution in [0.25, 0.3) is 5.57 Å². The third-order valence-electron chi connectivity index (χ3n) is 10.8. The van der Waals surface area contributed by atoms with Crippen molar-refractivity contribution < 1.29 is 0 Å². The van der Waals surface area contributed by atoms with Crippen molar-refractivity contribution in [2.45, 2.75) is 5.41 Å². The Balaban J connectivity index is 1.45. The molecule has 2 saturated carbocycles. The molecular formula is C40H32. The smallest absolute Gasteiger partial charge is 0.0485 e. The first-order chi connectivity index (χ1) is 19.9. The molecule has 0 heterocycles. The first-order valence-corrected chi connectivity index (χ1v) is 14.9. The molecule has 9 rings (SSSR count). The van der Waals surface area contributed by atoms with Gasteiger partial charge in [-0.25, -0.2) is 0 Å². The molecular weight excluding hydrogens is 480 g/mol. The van der Waals surface area contributed by atoms with Crippen LogP contribution in [-0.2, 0) is 5.41 Å². The molecule has 5 aliphatic carbocycles. The van der Waals surface area contributed by atoms with E-state index in [0.717, 1.165) is 0 Å². The summed E-state index contributed by atoms with van der Waals surface area (Å²) in [6, 6.07) is 45.5. The quantitative estimate of drug-likeness (QED) is 0.240. The van der Waals surface area contributed by atoms with E-state index in [1.54, 1.807) is 11.1 Å². The molecule has 0 spiro atoms. The van der Waals surface area contributed by atoms with Crippen LogP contribution in [0, 0.1) is 41.4 Å². The first kappa shape index (κ1) is 22.6. The molecule has 5 aliphatic rings. The standard InChI is InChI=1S/C40H32/c1-5-13-26(14-6-1)35(27-15-7-2-8-16-27)38-37-32-23-24-33(32)39(38)40(29-17-9-3-10-18-29,30-19-11-4-12-20-30)34-25-28-21-22-31(28)36(34)37/h1-25,28,31-33,36-37,39H/t28-,31-,32-,33+,36-,37-,39-/m1/s1. The molecule has 0 amide bonds. The molecule has 2 bridgehead atoms. The molecule has 0 heteroatoms. The van der Waals surface area contributed by atoms with Gasteiger partial charge in [0.25, 0.3) is 0 Å². The Morgan fingerprint density at radius 3 is 1.45 bits per heavy atom. The van der Waals surface area contributed by atoms with Gasteiger partial charge in [-0.15, -0.1) is 0 Å². The zero-order valence-electron chi connectivity index (χ0n) is 22.5. The van der Waals surface area contributed by atoms with E-state index in [0.29, 0.717) is 41.4 Å². The van der Waals surface area contributed by atoms with Crippen LogP contribution < -0.4 is 0 Å². The lowest BCUT2D eigenvalue weighted by Crippen LogP contribution is -2.47. The van der Waals surface area contributed by atoms with Crippen LogP contribution in [0.15, 0.2) is 163 Å². The van der Waals surface area contributed by atoms with Gasteiger partial charge in [-0.1, -0.05) is 163 Å². The summed E-state index contributed by atoms with van der Waals surface area (Å²) >= 11 is 0. The van der Waals surface area contributed by atoms with Gasteiger partial charge in [0, 0.05) is 17.3 Å². The predicted octanol–water partition coefficient (Wildman–Crippen LogP) is 8.90. The fourth-order valence-corrected chi connectivity index (χ4v) is 9.36. The zero-order valence-corrected chi connectivity index (χ0v) is 22.5. The van der Waals surface area contributed by atoms with Crippen molar-refractivity contribution >= 4 is 5.57 Å². The molecule has 0 unspecified atom stereocenters. The van der Waals surface area contributed by atoms with Crippen molar-refractivity contribution in [1.82, 2.24) is 0 Å². The fraction of sp³-hybridized carbons (Fsp3) is 0.200. The molecule has 0 radical (unpaired) electrons. The largest absolute Gasteiger partial charge is 0.0839 e. The Kier molecular flexibility index (Phi) is 4.76. The van der Waals surface area contributed by atoms with Gasteiger partial charge in [0.1, 0.15) is 0 Å². The van der Waals surface area contributed by atoms with Crippen LogP contribution in [0.2, 0.25) is 0 Å². The topological polar surface area (TPSA) is 0 Å². The van der Waals surface area contributed by atoms with E-state index in [1.165, 1.54) is 27.8 Å². The summed E-state index contributed by atoms with van der Waals surface area (Å²) in [5, 5.41) is 0. The van der Waals surface area contributed by atoms with E-state index in [1.807, 2.05) is 0 Å². The molecule has 0 aromatic heterocycles. The van der Waals surface area contributed by atoms with Crippen LogP contribution in [0.4, 0.5) is 0 Å². The second-order valence-corrected chi connectivity index (χ2v) is 12.3. The first-order valence-electron chi connectivity index (χ1n) is 14.9. The van der Waals surface area contributed by atoms with Crippen molar-refractivity contribution in [3.05, 3.63) is 185 Å². The lowest BCUT2D eigenvalue weighted by Gasteiger charge is -2.52. The second kappa shape index (κ2) is 8.42. The highest BCUT2D eigenvalue weighted by atomic mass is 14.7. The summed E-state index contributed by atoms with van der Waals surface area (Å²) in [6.07, 6.45) is 12.8. The molecule has 192 valence electrons. The number of rotatable bonds is 4. The maximum absolute atomic E-state index is 2.70. The van der Waals surface area contributed by atoms with E-state index >= 15 is 0 Å². The number of benzene rings is 4. The highest BCUT2D eigenvalue weighted by molar-refractivity contribution is 5.85. The average molecular weight is 513 g/mol. The fourth-order valence-electron chi connectivity index (χ4n) is 9.36. The highest BCUT2D eigenvalue weighted by Gasteiger charge is 2.69. The van der Waals surface area contributed by atoms with Gasteiger partial charge in [-0.05, 0) is 57.4 Å². The Hall–Kier alpha value is -4.16. The Bertz CT molecular complexity index is 1620. The maximum atomic E-state index is 2.70. The van der Waals surface area contributed by atoms with Crippen LogP contribution in [-0.4, -0.2) is 0 Å². The van der Waals surface area contributed by atoms with Crippen molar-refractivity contribution in [1.29, 1.82) is 0 Å². The lowest BCUT2D eigenvalue weighted by atomic mass is 9.50. The van der Waals surface area contributed by atoms with Crippen molar-refractivity contribution in [2.75, 3.05) is 0 Å². The van der Waals surface area contributed by atoms with Gasteiger partial charge < -0.3 is 0 Å². The molecule has 2 fully saturated rings. The SMILES string of the molecule is C1=C[C@@H]2[C@H]1C=C1[C@@H]2[C@@H]2C(=C(c3ccccc3)c3ccccc3)[C@@H]([C@H]3C=C[C@H]32)C1(c1ccccc1)c1ccccc1. The van der Waals surface area contributed by atoms with E-state index < -0.39 is 0 Å². The molecule has 0 nitrogen and oxygen atoms in total. The van der Waals surface area contributed by atoms with Crippen LogP contribution in [0.1, 0.15) is 22.3 Å².